The van der Waals surface area contributed by atoms with Crippen molar-refractivity contribution in [1.29, 1.82) is 5.26 Å². The number of hydrogen-bond acceptors (Lipinski definition) is 2. The smallest absolute Gasteiger partial charge is 0.0672 e. The highest BCUT2D eigenvalue weighted by atomic mass is 79.9. The SMILES string of the molecule is N#CC1CCCC1NCc1cc(Cl)ccc1Br. The minimum absolute atomic E-state index is 0.160. The van der Waals surface area contributed by atoms with Crippen molar-refractivity contribution in [2.45, 2.75) is 31.8 Å². The molecule has 0 spiro atoms. The molecule has 0 amide bonds. The summed E-state index contributed by atoms with van der Waals surface area (Å²) in [5.74, 6) is 0.160. The lowest BCUT2D eigenvalue weighted by Gasteiger charge is -2.16. The van der Waals surface area contributed by atoms with E-state index in [0.717, 1.165) is 40.9 Å². The lowest BCUT2D eigenvalue weighted by atomic mass is 10.1. The van der Waals surface area contributed by atoms with Crippen molar-refractivity contribution in [3.05, 3.63) is 33.3 Å². The Balaban J connectivity index is 1.98. The van der Waals surface area contributed by atoms with Gasteiger partial charge in [-0.15, -0.1) is 0 Å². The third kappa shape index (κ3) is 3.22. The van der Waals surface area contributed by atoms with E-state index in [4.69, 9.17) is 16.9 Å². The first-order valence-corrected chi connectivity index (χ1v) is 6.94. The van der Waals surface area contributed by atoms with E-state index in [1.54, 1.807) is 0 Å². The second-order valence-electron chi connectivity index (χ2n) is 4.39. The third-order valence-electron chi connectivity index (χ3n) is 3.24. The van der Waals surface area contributed by atoms with Gasteiger partial charge in [0.05, 0.1) is 12.0 Å². The quantitative estimate of drug-likeness (QED) is 0.919. The normalized spacial score (nSPS) is 23.6. The Bertz CT molecular complexity index is 442. The molecule has 1 N–H and O–H groups in total. The first-order chi connectivity index (χ1) is 8.20. The number of halogens is 2. The Morgan fingerprint density at radius 1 is 1.47 bits per heavy atom. The summed E-state index contributed by atoms with van der Waals surface area (Å²) in [6, 6.07) is 8.47. The molecule has 1 aliphatic rings. The van der Waals surface area contributed by atoms with Gasteiger partial charge in [0, 0.05) is 22.1 Å². The van der Waals surface area contributed by atoms with E-state index < -0.39 is 0 Å². The highest BCUT2D eigenvalue weighted by Crippen LogP contribution is 2.26. The molecule has 1 saturated carbocycles. The Morgan fingerprint density at radius 2 is 2.29 bits per heavy atom. The van der Waals surface area contributed by atoms with E-state index in [1.165, 1.54) is 0 Å². The fourth-order valence-electron chi connectivity index (χ4n) is 2.28. The van der Waals surface area contributed by atoms with Gasteiger partial charge in [0.1, 0.15) is 0 Å². The predicted octanol–water partition coefficient (Wildman–Crippen LogP) is 3.88. The minimum atomic E-state index is 0.160. The molecule has 4 heteroatoms. The zero-order chi connectivity index (χ0) is 12.3. The Kier molecular flexibility index (Phi) is 4.44. The summed E-state index contributed by atoms with van der Waals surface area (Å²) < 4.78 is 1.06. The van der Waals surface area contributed by atoms with Gasteiger partial charge in [-0.3, -0.25) is 0 Å². The standard InChI is InChI=1S/C13H14BrClN2/c14-12-5-4-11(15)6-10(12)8-17-13-3-1-2-9(13)7-16/h4-6,9,13,17H,1-3,8H2. The van der Waals surface area contributed by atoms with Crippen LogP contribution in [0.15, 0.2) is 22.7 Å². The van der Waals surface area contributed by atoms with Gasteiger partial charge in [-0.05, 0) is 36.6 Å². The van der Waals surface area contributed by atoms with Crippen LogP contribution < -0.4 is 5.32 Å². The second kappa shape index (κ2) is 5.86. The fourth-order valence-corrected chi connectivity index (χ4v) is 2.86. The van der Waals surface area contributed by atoms with E-state index in [9.17, 15) is 0 Å². The van der Waals surface area contributed by atoms with Crippen LogP contribution in [-0.4, -0.2) is 6.04 Å². The maximum absolute atomic E-state index is 9.01. The van der Waals surface area contributed by atoms with Gasteiger partial charge in [0.2, 0.25) is 0 Å². The van der Waals surface area contributed by atoms with Crippen molar-refractivity contribution >= 4 is 27.5 Å². The highest BCUT2D eigenvalue weighted by Gasteiger charge is 2.26. The van der Waals surface area contributed by atoms with Crippen molar-refractivity contribution in [3.63, 3.8) is 0 Å². The molecule has 1 fully saturated rings. The molecule has 0 radical (unpaired) electrons. The number of nitrogens with one attached hydrogen (secondary N) is 1. The molecule has 17 heavy (non-hydrogen) atoms. The molecule has 1 aliphatic carbocycles. The topological polar surface area (TPSA) is 35.8 Å². The molecule has 0 bridgehead atoms. The monoisotopic (exact) mass is 312 g/mol. The predicted molar refractivity (Wildman–Crippen MR) is 72.7 cm³/mol. The summed E-state index contributed by atoms with van der Waals surface area (Å²) >= 11 is 9.48. The molecule has 1 aromatic rings. The van der Waals surface area contributed by atoms with E-state index in [0.29, 0.717) is 6.04 Å². The van der Waals surface area contributed by atoms with Crippen LogP contribution in [0, 0.1) is 17.2 Å². The Morgan fingerprint density at radius 3 is 3.06 bits per heavy atom. The minimum Gasteiger partial charge on any atom is -0.309 e. The molecule has 0 heterocycles. The molecular weight excluding hydrogens is 300 g/mol. The van der Waals surface area contributed by atoms with E-state index in [2.05, 4.69) is 27.3 Å². The lowest BCUT2D eigenvalue weighted by molar-refractivity contribution is 0.464. The number of nitriles is 1. The van der Waals surface area contributed by atoms with E-state index in [1.807, 2.05) is 18.2 Å². The van der Waals surface area contributed by atoms with Crippen LogP contribution in [0.4, 0.5) is 0 Å². The zero-order valence-electron chi connectivity index (χ0n) is 9.42. The van der Waals surface area contributed by atoms with Gasteiger partial charge >= 0.3 is 0 Å². The molecular formula is C13H14BrClN2. The van der Waals surface area contributed by atoms with Gasteiger partial charge in [-0.2, -0.15) is 5.26 Å². The maximum atomic E-state index is 9.01. The lowest BCUT2D eigenvalue weighted by Crippen LogP contribution is -2.31. The Labute approximate surface area is 115 Å². The number of nitrogens with zero attached hydrogens (tertiary/aromatic N) is 1. The van der Waals surface area contributed by atoms with Crippen LogP contribution in [0.3, 0.4) is 0 Å². The maximum Gasteiger partial charge on any atom is 0.0672 e. The molecule has 0 aliphatic heterocycles. The number of rotatable bonds is 3. The first kappa shape index (κ1) is 12.9. The third-order valence-corrected chi connectivity index (χ3v) is 4.25. The molecule has 2 rings (SSSR count). The van der Waals surface area contributed by atoms with Crippen molar-refractivity contribution in [3.8, 4) is 6.07 Å². The molecule has 90 valence electrons. The van der Waals surface area contributed by atoms with Crippen LogP contribution >= 0.6 is 27.5 Å². The van der Waals surface area contributed by atoms with E-state index >= 15 is 0 Å². The van der Waals surface area contributed by atoms with Crippen molar-refractivity contribution in [2.75, 3.05) is 0 Å². The number of hydrogen-bond donors (Lipinski definition) is 1. The van der Waals surface area contributed by atoms with Gasteiger partial charge in [0.25, 0.3) is 0 Å². The summed E-state index contributed by atoms with van der Waals surface area (Å²) in [5, 5.41) is 13.2. The van der Waals surface area contributed by atoms with E-state index in [-0.39, 0.29) is 5.92 Å². The largest absolute Gasteiger partial charge is 0.309 e. The Hall–Kier alpha value is -0.560. The first-order valence-electron chi connectivity index (χ1n) is 5.77. The highest BCUT2D eigenvalue weighted by molar-refractivity contribution is 9.10. The fraction of sp³-hybridized carbons (Fsp3) is 0.462. The summed E-state index contributed by atoms with van der Waals surface area (Å²) in [5.41, 5.74) is 1.14. The molecule has 2 nitrogen and oxygen atoms in total. The summed E-state index contributed by atoms with van der Waals surface area (Å²) in [4.78, 5) is 0. The van der Waals surface area contributed by atoms with Gasteiger partial charge in [-0.25, -0.2) is 0 Å². The van der Waals surface area contributed by atoms with Crippen LogP contribution in [-0.2, 0) is 6.54 Å². The molecule has 2 atom stereocenters. The van der Waals surface area contributed by atoms with Crippen LogP contribution in [0.1, 0.15) is 24.8 Å². The zero-order valence-corrected chi connectivity index (χ0v) is 11.8. The average Bonchev–Trinajstić information content (AvgIpc) is 2.77. The molecule has 0 aromatic heterocycles. The van der Waals surface area contributed by atoms with Gasteiger partial charge < -0.3 is 5.32 Å². The van der Waals surface area contributed by atoms with Gasteiger partial charge in [0.15, 0.2) is 0 Å². The molecule has 2 unspecified atom stereocenters. The van der Waals surface area contributed by atoms with Gasteiger partial charge in [-0.1, -0.05) is 34.0 Å². The summed E-state index contributed by atoms with van der Waals surface area (Å²) in [6.07, 6.45) is 3.26. The second-order valence-corrected chi connectivity index (χ2v) is 5.68. The summed E-state index contributed by atoms with van der Waals surface area (Å²) in [7, 11) is 0. The van der Waals surface area contributed by atoms with Crippen molar-refractivity contribution in [2.24, 2.45) is 5.92 Å². The van der Waals surface area contributed by atoms with Crippen molar-refractivity contribution in [1.82, 2.24) is 5.32 Å². The van der Waals surface area contributed by atoms with Crippen LogP contribution in [0.25, 0.3) is 0 Å². The molecule has 1 aromatic carbocycles. The number of benzene rings is 1. The molecule has 0 saturated heterocycles. The average molecular weight is 314 g/mol. The van der Waals surface area contributed by atoms with Crippen LogP contribution in [0.2, 0.25) is 5.02 Å². The van der Waals surface area contributed by atoms with Crippen LogP contribution in [0.5, 0.6) is 0 Å². The van der Waals surface area contributed by atoms with Crippen molar-refractivity contribution < 1.29 is 0 Å². The summed E-state index contributed by atoms with van der Waals surface area (Å²) in [6.45, 7) is 0.754.